The van der Waals surface area contributed by atoms with Gasteiger partial charge in [-0.3, -0.25) is 9.69 Å². The van der Waals surface area contributed by atoms with Crippen LogP contribution in [0.1, 0.15) is 265 Å². The van der Waals surface area contributed by atoms with E-state index in [1.165, 1.54) is 218 Å². The molecule has 1 saturated heterocycles. The van der Waals surface area contributed by atoms with Crippen LogP contribution in [0.15, 0.2) is 11.3 Å². The molecule has 1 saturated carbocycles. The topological polar surface area (TPSA) is 59.0 Å². The van der Waals surface area contributed by atoms with E-state index in [1.807, 2.05) is 0 Å². The molecule has 324 valence electrons. The van der Waals surface area contributed by atoms with E-state index in [0.717, 1.165) is 38.8 Å². The Morgan fingerprint density at radius 3 is 1.65 bits per heavy atom. The van der Waals surface area contributed by atoms with Gasteiger partial charge >= 0.3 is 5.97 Å². The van der Waals surface area contributed by atoms with Crippen molar-refractivity contribution in [3.05, 3.63) is 11.3 Å². The molecule has 1 unspecified atom stereocenters. The Balaban J connectivity index is 1.72. The first-order chi connectivity index (χ1) is 27.1. The van der Waals surface area contributed by atoms with Gasteiger partial charge in [-0.1, -0.05) is 168 Å². The second-order valence-corrected chi connectivity index (χ2v) is 17.9. The summed E-state index contributed by atoms with van der Waals surface area (Å²) in [7, 11) is 0. The van der Waals surface area contributed by atoms with E-state index in [2.05, 4.69) is 25.7 Å². The van der Waals surface area contributed by atoms with E-state index in [-0.39, 0.29) is 18.1 Å². The van der Waals surface area contributed by atoms with Crippen molar-refractivity contribution in [1.29, 1.82) is 0 Å². The fourth-order valence-electron chi connectivity index (χ4n) is 9.23. The summed E-state index contributed by atoms with van der Waals surface area (Å²) in [5.74, 6) is 1.39. The molecule has 0 aromatic carbocycles. The number of esters is 1. The highest BCUT2D eigenvalue weighted by Crippen LogP contribution is 2.39. The highest BCUT2D eigenvalue weighted by atomic mass is 16.5. The third kappa shape index (κ3) is 25.8. The first kappa shape index (κ1) is 50.1. The maximum absolute atomic E-state index is 12.3. The normalized spacial score (nSPS) is 17.3. The Hall–Kier alpha value is -1.07. The summed E-state index contributed by atoms with van der Waals surface area (Å²) in [6, 6.07) is 0. The van der Waals surface area contributed by atoms with Gasteiger partial charge in [0.05, 0.1) is 25.1 Å². The average molecular weight is 774 g/mol. The number of aliphatic hydroxyl groups is 1. The average Bonchev–Trinajstić information content (AvgIpc) is 4.04. The summed E-state index contributed by atoms with van der Waals surface area (Å²) >= 11 is 0. The monoisotopic (exact) mass is 774 g/mol. The van der Waals surface area contributed by atoms with Gasteiger partial charge in [-0.05, 0) is 95.6 Å². The van der Waals surface area contributed by atoms with Gasteiger partial charge in [-0.2, -0.15) is 0 Å². The van der Waals surface area contributed by atoms with Crippen LogP contribution in [0, 0.1) is 0 Å². The van der Waals surface area contributed by atoms with Gasteiger partial charge < -0.3 is 14.6 Å². The van der Waals surface area contributed by atoms with Gasteiger partial charge in [0.2, 0.25) is 0 Å². The standard InChI is InChI=1S/C50H95NO4/c1-4-7-10-13-16-23-32-45-54-49(53)36-27-20-22-29-40-50(41-30-31-42-51(50)43-44-52)39-28-21-19-26-35-48(46-37-38-46)55-47(33-24-17-14-11-8-5-2)34-25-18-15-12-9-6-3/h47,52H,4-45H2,1-3H3. The lowest BCUT2D eigenvalue weighted by Gasteiger charge is -2.48. The predicted octanol–water partition coefficient (Wildman–Crippen LogP) is 15.1. The number of carbonyl (C=O) groups excluding carboxylic acids is 1. The van der Waals surface area contributed by atoms with E-state index in [0.29, 0.717) is 19.1 Å². The van der Waals surface area contributed by atoms with Crippen molar-refractivity contribution in [2.45, 2.75) is 276 Å². The minimum atomic E-state index is -0.00277. The van der Waals surface area contributed by atoms with Crippen molar-refractivity contribution in [3.63, 3.8) is 0 Å². The lowest BCUT2D eigenvalue weighted by atomic mass is 9.78. The van der Waals surface area contributed by atoms with Gasteiger partial charge in [0.15, 0.2) is 0 Å². The largest absolute Gasteiger partial charge is 0.495 e. The quantitative estimate of drug-likeness (QED) is 0.0382. The van der Waals surface area contributed by atoms with E-state index in [4.69, 9.17) is 9.47 Å². The number of piperidine rings is 1. The Morgan fingerprint density at radius 1 is 0.618 bits per heavy atom. The second kappa shape index (κ2) is 34.9. The number of β-amino-alcohol motifs (C(OH)–C–C–N with tert-alkyl or cyclic N) is 1. The molecule has 1 heterocycles. The Kier molecular flexibility index (Phi) is 31.8. The van der Waals surface area contributed by atoms with Crippen molar-refractivity contribution in [1.82, 2.24) is 4.90 Å². The number of nitrogens with zero attached hydrogens (tertiary/aromatic N) is 1. The van der Waals surface area contributed by atoms with Crippen molar-refractivity contribution in [3.8, 4) is 0 Å². The number of unbranched alkanes of at least 4 members (excludes halogenated alkanes) is 22. The Morgan fingerprint density at radius 2 is 1.11 bits per heavy atom. The molecule has 2 rings (SSSR count). The molecule has 1 atom stereocenters. The molecule has 1 aliphatic carbocycles. The smallest absolute Gasteiger partial charge is 0.305 e. The highest BCUT2D eigenvalue weighted by molar-refractivity contribution is 5.69. The summed E-state index contributed by atoms with van der Waals surface area (Å²) in [5.41, 5.74) is 1.87. The molecule has 1 N–H and O–H groups in total. The van der Waals surface area contributed by atoms with Gasteiger partial charge in [0.1, 0.15) is 0 Å². The van der Waals surface area contributed by atoms with Crippen molar-refractivity contribution >= 4 is 5.97 Å². The molecular formula is C50H95NO4. The fourth-order valence-corrected chi connectivity index (χ4v) is 9.23. The third-order valence-corrected chi connectivity index (χ3v) is 12.9. The number of likely N-dealkylation sites (tertiary alicyclic amines) is 1. The van der Waals surface area contributed by atoms with Crippen molar-refractivity contribution < 1.29 is 19.4 Å². The third-order valence-electron chi connectivity index (χ3n) is 12.9. The summed E-state index contributed by atoms with van der Waals surface area (Å²) in [5, 5.41) is 9.97. The highest BCUT2D eigenvalue weighted by Gasteiger charge is 2.37. The van der Waals surface area contributed by atoms with Crippen LogP contribution < -0.4 is 0 Å². The zero-order valence-electron chi connectivity index (χ0n) is 37.4. The summed E-state index contributed by atoms with van der Waals surface area (Å²) < 4.78 is 12.5. The summed E-state index contributed by atoms with van der Waals surface area (Å²) in [4.78, 5) is 14.9. The fraction of sp³-hybridized carbons (Fsp3) is 0.940. The van der Waals surface area contributed by atoms with Crippen LogP contribution in [0.2, 0.25) is 0 Å². The molecule has 2 fully saturated rings. The van der Waals surface area contributed by atoms with Crippen LogP contribution in [-0.2, 0) is 14.3 Å². The van der Waals surface area contributed by atoms with Crippen LogP contribution in [0.5, 0.6) is 0 Å². The Bertz CT molecular complexity index is 895. The maximum Gasteiger partial charge on any atom is 0.305 e. The lowest BCUT2D eigenvalue weighted by Crippen LogP contribution is -2.52. The number of carbonyl (C=O) groups is 1. The van der Waals surface area contributed by atoms with E-state index < -0.39 is 0 Å². The molecule has 1 aliphatic heterocycles. The maximum atomic E-state index is 12.3. The number of aliphatic hydroxyl groups excluding tert-OH is 1. The Labute approximate surface area is 343 Å². The first-order valence-electron chi connectivity index (χ1n) is 25.0. The van der Waals surface area contributed by atoms with Crippen molar-refractivity contribution in [2.75, 3.05) is 26.3 Å². The summed E-state index contributed by atoms with van der Waals surface area (Å²) in [6.45, 7) is 9.69. The zero-order valence-corrected chi connectivity index (χ0v) is 37.4. The molecule has 0 bridgehead atoms. The van der Waals surface area contributed by atoms with Gasteiger partial charge in [-0.25, -0.2) is 0 Å². The van der Waals surface area contributed by atoms with Crippen LogP contribution in [-0.4, -0.2) is 53.9 Å². The first-order valence-corrected chi connectivity index (χ1v) is 25.0. The van der Waals surface area contributed by atoms with E-state index >= 15 is 0 Å². The van der Waals surface area contributed by atoms with Crippen LogP contribution in [0.4, 0.5) is 0 Å². The molecule has 55 heavy (non-hydrogen) atoms. The number of rotatable bonds is 40. The molecule has 0 aromatic rings. The number of hydrogen-bond donors (Lipinski definition) is 1. The molecule has 5 nitrogen and oxygen atoms in total. The second-order valence-electron chi connectivity index (χ2n) is 17.9. The molecule has 0 aromatic heterocycles. The molecule has 0 amide bonds. The zero-order chi connectivity index (χ0) is 39.5. The van der Waals surface area contributed by atoms with Crippen LogP contribution in [0.25, 0.3) is 0 Å². The molecule has 0 spiro atoms. The molecule has 0 radical (unpaired) electrons. The van der Waals surface area contributed by atoms with Crippen molar-refractivity contribution in [2.24, 2.45) is 0 Å². The lowest BCUT2D eigenvalue weighted by molar-refractivity contribution is -0.143. The SMILES string of the molecule is CCCCCCCCCOC(=O)CCCCCCC1(CCCCCCC(OC(CCCCCCCC)CCCCCCCC)=C2CC2)CCCCN1CCO. The molecular weight excluding hydrogens is 679 g/mol. The van der Waals surface area contributed by atoms with Gasteiger partial charge in [-0.15, -0.1) is 0 Å². The van der Waals surface area contributed by atoms with E-state index in [9.17, 15) is 9.90 Å². The van der Waals surface area contributed by atoms with Gasteiger partial charge in [0, 0.05) is 24.9 Å². The predicted molar refractivity (Wildman–Crippen MR) is 237 cm³/mol. The summed E-state index contributed by atoms with van der Waals surface area (Å²) in [6.07, 6.45) is 48.3. The minimum Gasteiger partial charge on any atom is -0.495 e. The number of ether oxygens (including phenoxy) is 2. The molecule has 5 heteroatoms. The molecule has 2 aliphatic rings. The van der Waals surface area contributed by atoms with E-state index in [1.54, 1.807) is 5.57 Å². The number of allylic oxidation sites excluding steroid dienone is 2. The minimum absolute atomic E-state index is 0.00277. The van der Waals surface area contributed by atoms with Gasteiger partial charge in [0.25, 0.3) is 0 Å². The number of hydrogen-bond acceptors (Lipinski definition) is 5. The van der Waals surface area contributed by atoms with Crippen LogP contribution >= 0.6 is 0 Å². The van der Waals surface area contributed by atoms with Crippen LogP contribution in [0.3, 0.4) is 0 Å².